The van der Waals surface area contributed by atoms with Crippen LogP contribution in [-0.4, -0.2) is 9.97 Å². The first-order valence-electron chi connectivity index (χ1n) is 15.4. The van der Waals surface area contributed by atoms with E-state index in [9.17, 15) is 0 Å². The fourth-order valence-corrected chi connectivity index (χ4v) is 8.13. The van der Waals surface area contributed by atoms with E-state index in [-0.39, 0.29) is 0 Å². The van der Waals surface area contributed by atoms with Crippen LogP contribution in [0.25, 0.3) is 97.6 Å². The van der Waals surface area contributed by atoms with E-state index in [4.69, 9.17) is 14.4 Å². The zero-order chi connectivity index (χ0) is 30.2. The molecule has 0 bridgehead atoms. The van der Waals surface area contributed by atoms with Crippen molar-refractivity contribution < 1.29 is 4.42 Å². The van der Waals surface area contributed by atoms with Gasteiger partial charge in [-0.1, -0.05) is 133 Å². The van der Waals surface area contributed by atoms with Crippen molar-refractivity contribution in [2.45, 2.75) is 0 Å². The van der Waals surface area contributed by atoms with E-state index in [2.05, 4.69) is 140 Å². The molecule has 0 aliphatic carbocycles. The molecule has 0 unspecified atom stereocenters. The summed E-state index contributed by atoms with van der Waals surface area (Å²) in [6, 6.07) is 51.2. The van der Waals surface area contributed by atoms with Crippen LogP contribution < -0.4 is 0 Å². The van der Waals surface area contributed by atoms with Gasteiger partial charge in [-0.3, -0.25) is 0 Å². The monoisotopic (exact) mass is 604 g/mol. The molecule has 0 aliphatic rings. The van der Waals surface area contributed by atoms with Gasteiger partial charge in [0.05, 0.1) is 15.9 Å². The van der Waals surface area contributed by atoms with Crippen LogP contribution >= 0.6 is 11.3 Å². The predicted molar refractivity (Wildman–Crippen MR) is 194 cm³/mol. The Labute approximate surface area is 268 Å². The number of hydrogen-bond donors (Lipinski definition) is 0. The minimum atomic E-state index is 0.715. The Hall–Kier alpha value is -5.84. The van der Waals surface area contributed by atoms with Gasteiger partial charge in [-0.05, 0) is 33.9 Å². The van der Waals surface area contributed by atoms with E-state index in [1.54, 1.807) is 11.3 Å². The number of furan rings is 1. The van der Waals surface area contributed by atoms with Crippen LogP contribution in [0.2, 0.25) is 0 Å². The molecule has 46 heavy (non-hydrogen) atoms. The lowest BCUT2D eigenvalue weighted by molar-refractivity contribution is 0.674. The van der Waals surface area contributed by atoms with Crippen LogP contribution in [0, 0.1) is 0 Å². The third-order valence-corrected chi connectivity index (χ3v) is 10.3. The van der Waals surface area contributed by atoms with Gasteiger partial charge in [0.2, 0.25) is 0 Å². The molecule has 0 radical (unpaired) electrons. The van der Waals surface area contributed by atoms with E-state index in [1.165, 1.54) is 15.5 Å². The lowest BCUT2D eigenvalue weighted by atomic mass is 9.95. The van der Waals surface area contributed by atoms with E-state index in [0.29, 0.717) is 5.82 Å². The molecule has 0 saturated carbocycles. The lowest BCUT2D eigenvalue weighted by Gasteiger charge is -2.10. The minimum absolute atomic E-state index is 0.715. The highest BCUT2D eigenvalue weighted by Gasteiger charge is 2.21. The SMILES string of the molecule is c1ccc(-c2nc(-c3cc4c5cccc(-c6cccc7ccccc67)c5oc4c4ccccc34)nc3c2sc2ccccc23)cc1. The first kappa shape index (κ1) is 25.5. The van der Waals surface area contributed by atoms with Gasteiger partial charge >= 0.3 is 0 Å². The predicted octanol–water partition coefficient (Wildman–Crippen LogP) is 12.1. The quantitative estimate of drug-likeness (QED) is 0.201. The van der Waals surface area contributed by atoms with Crippen LogP contribution in [0.4, 0.5) is 0 Å². The summed E-state index contributed by atoms with van der Waals surface area (Å²) in [6.45, 7) is 0. The molecule has 4 heteroatoms. The lowest BCUT2D eigenvalue weighted by Crippen LogP contribution is -1.94. The highest BCUT2D eigenvalue weighted by molar-refractivity contribution is 7.26. The molecule has 0 spiro atoms. The van der Waals surface area contributed by atoms with Crippen LogP contribution in [0.5, 0.6) is 0 Å². The van der Waals surface area contributed by atoms with Crippen LogP contribution in [-0.2, 0) is 0 Å². The van der Waals surface area contributed by atoms with Crippen molar-refractivity contribution in [1.29, 1.82) is 0 Å². The molecule has 7 aromatic carbocycles. The molecule has 3 nitrogen and oxygen atoms in total. The molecule has 0 aliphatic heterocycles. The number of aromatic nitrogens is 2. The largest absolute Gasteiger partial charge is 0.455 e. The maximum atomic E-state index is 6.86. The molecule has 214 valence electrons. The molecule has 0 N–H and O–H groups in total. The van der Waals surface area contributed by atoms with Crippen LogP contribution in [0.1, 0.15) is 0 Å². The normalized spacial score (nSPS) is 11.9. The van der Waals surface area contributed by atoms with Crippen molar-refractivity contribution in [2.24, 2.45) is 0 Å². The summed E-state index contributed by atoms with van der Waals surface area (Å²) in [4.78, 5) is 10.6. The number of thiophene rings is 1. The third kappa shape index (κ3) is 3.71. The van der Waals surface area contributed by atoms with Crippen LogP contribution in [0.15, 0.2) is 150 Å². The Morgan fingerprint density at radius 2 is 1.11 bits per heavy atom. The second-order valence-corrected chi connectivity index (χ2v) is 12.7. The number of nitrogens with zero attached hydrogens (tertiary/aromatic N) is 2. The number of hydrogen-bond acceptors (Lipinski definition) is 4. The Balaban J connectivity index is 1.30. The second-order valence-electron chi connectivity index (χ2n) is 11.7. The molecule has 3 aromatic heterocycles. The Bertz CT molecular complexity index is 2810. The van der Waals surface area contributed by atoms with Crippen molar-refractivity contribution in [3.63, 3.8) is 0 Å². The average molecular weight is 605 g/mol. The van der Waals surface area contributed by atoms with E-state index < -0.39 is 0 Å². The van der Waals surface area contributed by atoms with Crippen molar-refractivity contribution >= 4 is 75.1 Å². The summed E-state index contributed by atoms with van der Waals surface area (Å²) in [5, 5.41) is 7.84. The zero-order valence-electron chi connectivity index (χ0n) is 24.6. The van der Waals surface area contributed by atoms with Crippen molar-refractivity contribution in [2.75, 3.05) is 0 Å². The molecular formula is C42H24N2OS. The molecule has 10 aromatic rings. The average Bonchev–Trinajstić information content (AvgIpc) is 3.70. The molecule has 0 fully saturated rings. The van der Waals surface area contributed by atoms with E-state index in [1.807, 2.05) is 6.07 Å². The molecule has 10 rings (SSSR count). The smallest absolute Gasteiger partial charge is 0.161 e. The first-order chi connectivity index (χ1) is 22.8. The van der Waals surface area contributed by atoms with E-state index in [0.717, 1.165) is 76.3 Å². The number of benzene rings is 7. The van der Waals surface area contributed by atoms with Gasteiger partial charge < -0.3 is 4.42 Å². The van der Waals surface area contributed by atoms with E-state index >= 15 is 0 Å². The van der Waals surface area contributed by atoms with Crippen molar-refractivity contribution in [3.05, 3.63) is 146 Å². The van der Waals surface area contributed by atoms with Gasteiger partial charge in [-0.25, -0.2) is 9.97 Å². The molecule has 0 atom stereocenters. The molecule has 0 amide bonds. The Morgan fingerprint density at radius 3 is 2.00 bits per heavy atom. The highest BCUT2D eigenvalue weighted by atomic mass is 32.1. The second kappa shape index (κ2) is 9.83. The third-order valence-electron chi connectivity index (χ3n) is 9.09. The summed E-state index contributed by atoms with van der Waals surface area (Å²) >= 11 is 1.76. The first-order valence-corrected chi connectivity index (χ1v) is 16.2. The molecular weight excluding hydrogens is 581 g/mol. The summed E-state index contributed by atoms with van der Waals surface area (Å²) in [5.74, 6) is 0.715. The topological polar surface area (TPSA) is 38.9 Å². The van der Waals surface area contributed by atoms with Gasteiger partial charge in [0.25, 0.3) is 0 Å². The van der Waals surface area contributed by atoms with Gasteiger partial charge in [-0.2, -0.15) is 0 Å². The van der Waals surface area contributed by atoms with Gasteiger partial charge in [0.1, 0.15) is 11.2 Å². The van der Waals surface area contributed by atoms with Crippen molar-refractivity contribution in [3.8, 4) is 33.8 Å². The summed E-state index contributed by atoms with van der Waals surface area (Å²) in [5.41, 5.74) is 8.05. The number of para-hydroxylation sites is 1. The van der Waals surface area contributed by atoms with Crippen molar-refractivity contribution in [1.82, 2.24) is 9.97 Å². The number of fused-ring (bicyclic) bond motifs is 9. The maximum absolute atomic E-state index is 6.86. The van der Waals surface area contributed by atoms with Gasteiger partial charge in [0, 0.05) is 42.9 Å². The number of rotatable bonds is 3. The summed E-state index contributed by atoms with van der Waals surface area (Å²) in [6.07, 6.45) is 0. The fraction of sp³-hybridized carbons (Fsp3) is 0. The maximum Gasteiger partial charge on any atom is 0.161 e. The van der Waals surface area contributed by atoms with Gasteiger partial charge in [-0.15, -0.1) is 11.3 Å². The molecule has 0 saturated heterocycles. The zero-order valence-corrected chi connectivity index (χ0v) is 25.4. The highest BCUT2D eigenvalue weighted by Crippen LogP contribution is 2.44. The minimum Gasteiger partial charge on any atom is -0.455 e. The van der Waals surface area contributed by atoms with Crippen LogP contribution in [0.3, 0.4) is 0 Å². The summed E-state index contributed by atoms with van der Waals surface area (Å²) in [7, 11) is 0. The fourth-order valence-electron chi connectivity index (χ4n) is 6.98. The Morgan fingerprint density at radius 1 is 0.457 bits per heavy atom. The molecule has 3 heterocycles. The Kier molecular flexibility index (Phi) is 5.45. The standard InChI is InChI=1S/C42H24N2OS/c1-2-13-26(14-3-1)37-41-38(33-19-8-9-23-36(33)46-41)44-42(43-37)35-24-34-32-22-11-21-31(28-20-10-15-25-12-4-5-16-27(25)28)39(32)45-40(34)30-18-7-6-17-29(30)35/h1-24H. The summed E-state index contributed by atoms with van der Waals surface area (Å²) < 4.78 is 9.18. The van der Waals surface area contributed by atoms with Gasteiger partial charge in [0.15, 0.2) is 5.82 Å².